The highest BCUT2D eigenvalue weighted by Crippen LogP contribution is 2.11. The fourth-order valence-electron chi connectivity index (χ4n) is 1.14. The van der Waals surface area contributed by atoms with Gasteiger partial charge in [-0.05, 0) is 12.3 Å². The van der Waals surface area contributed by atoms with Crippen molar-refractivity contribution in [3.8, 4) is 0 Å². The quantitative estimate of drug-likeness (QED) is 0.609. The van der Waals surface area contributed by atoms with Crippen LogP contribution in [-0.2, 0) is 9.53 Å². The van der Waals surface area contributed by atoms with Crippen LogP contribution in [0.25, 0.3) is 0 Å². The third-order valence-electron chi connectivity index (χ3n) is 1.77. The number of aliphatic carboxylic acids is 1. The van der Waals surface area contributed by atoms with Gasteiger partial charge in [0.2, 0.25) is 0 Å². The number of nitrogens with two attached hydrogens (primary N) is 1. The summed E-state index contributed by atoms with van der Waals surface area (Å²) < 4.78 is 4.89. The van der Waals surface area contributed by atoms with Gasteiger partial charge in [0.05, 0.1) is 5.92 Å². The summed E-state index contributed by atoms with van der Waals surface area (Å²) in [7, 11) is 1.61. The van der Waals surface area contributed by atoms with E-state index in [9.17, 15) is 4.79 Å². The average Bonchev–Trinajstić information content (AvgIpc) is 2.00. The van der Waals surface area contributed by atoms with Crippen molar-refractivity contribution in [3.63, 3.8) is 0 Å². The van der Waals surface area contributed by atoms with Crippen molar-refractivity contribution in [2.75, 3.05) is 20.3 Å². The van der Waals surface area contributed by atoms with Crippen LogP contribution in [0.2, 0.25) is 0 Å². The lowest BCUT2D eigenvalue weighted by molar-refractivity contribution is -0.142. The molecule has 3 N–H and O–H groups in total. The molecule has 4 heteroatoms. The van der Waals surface area contributed by atoms with Gasteiger partial charge in [-0.3, -0.25) is 4.79 Å². The third-order valence-corrected chi connectivity index (χ3v) is 1.77. The van der Waals surface area contributed by atoms with Crippen molar-refractivity contribution < 1.29 is 14.6 Å². The van der Waals surface area contributed by atoms with E-state index < -0.39 is 11.9 Å². The Morgan fingerprint density at radius 1 is 1.67 bits per heavy atom. The maximum atomic E-state index is 10.5. The molecular formula is C8H17NO3. The van der Waals surface area contributed by atoms with Gasteiger partial charge in [-0.25, -0.2) is 0 Å². The second-order valence-electron chi connectivity index (χ2n) is 3.07. The first-order valence-electron chi connectivity index (χ1n) is 4.03. The summed E-state index contributed by atoms with van der Waals surface area (Å²) >= 11 is 0. The number of methoxy groups -OCH3 is 1. The molecule has 0 aliphatic carbocycles. The molecule has 0 unspecified atom stereocenters. The lowest BCUT2D eigenvalue weighted by Gasteiger charge is -2.14. The molecule has 0 fully saturated rings. The van der Waals surface area contributed by atoms with Crippen molar-refractivity contribution in [2.24, 2.45) is 17.6 Å². The Hall–Kier alpha value is -0.610. The molecule has 0 aliphatic heterocycles. The Labute approximate surface area is 72.7 Å². The number of carboxylic acid groups (broad SMARTS) is 1. The van der Waals surface area contributed by atoms with Crippen molar-refractivity contribution in [2.45, 2.75) is 13.3 Å². The number of hydrogen-bond acceptors (Lipinski definition) is 3. The zero-order valence-electron chi connectivity index (χ0n) is 7.62. The minimum atomic E-state index is -0.819. The Morgan fingerprint density at radius 3 is 2.58 bits per heavy atom. The summed E-state index contributed by atoms with van der Waals surface area (Å²) in [6.45, 7) is 2.74. The second kappa shape index (κ2) is 5.97. The lowest BCUT2D eigenvalue weighted by atomic mass is 9.97. The van der Waals surface area contributed by atoms with Gasteiger partial charge in [0, 0.05) is 20.3 Å². The lowest BCUT2D eigenvalue weighted by Crippen LogP contribution is -2.26. The maximum Gasteiger partial charge on any atom is 0.307 e. The molecule has 72 valence electrons. The van der Waals surface area contributed by atoms with Gasteiger partial charge in [-0.15, -0.1) is 0 Å². The zero-order valence-corrected chi connectivity index (χ0v) is 7.62. The highest BCUT2D eigenvalue weighted by atomic mass is 16.5. The van der Waals surface area contributed by atoms with Gasteiger partial charge in [0.25, 0.3) is 0 Å². The second-order valence-corrected chi connectivity index (χ2v) is 3.07. The summed E-state index contributed by atoms with van der Waals surface area (Å²) in [6, 6.07) is 0. The van der Waals surface area contributed by atoms with Crippen LogP contribution >= 0.6 is 0 Å². The van der Waals surface area contributed by atoms with Crippen LogP contribution in [0.1, 0.15) is 13.3 Å². The molecule has 4 nitrogen and oxygen atoms in total. The Balaban J connectivity index is 3.77. The average molecular weight is 175 g/mol. The number of rotatable bonds is 6. The van der Waals surface area contributed by atoms with Crippen LogP contribution < -0.4 is 5.73 Å². The summed E-state index contributed by atoms with van der Waals surface area (Å²) in [5.41, 5.74) is 5.30. The molecule has 0 saturated carbocycles. The summed E-state index contributed by atoms with van der Waals surface area (Å²) in [5.74, 6) is -1.00. The number of carbonyl (C=O) groups is 1. The first kappa shape index (κ1) is 11.4. The first-order valence-corrected chi connectivity index (χ1v) is 4.03. The van der Waals surface area contributed by atoms with E-state index >= 15 is 0 Å². The minimum absolute atomic E-state index is 0.198. The molecule has 2 atom stereocenters. The van der Waals surface area contributed by atoms with Gasteiger partial charge >= 0.3 is 5.97 Å². The topological polar surface area (TPSA) is 72.5 Å². The minimum Gasteiger partial charge on any atom is -0.481 e. The van der Waals surface area contributed by atoms with E-state index in [0.717, 1.165) is 0 Å². The highest BCUT2D eigenvalue weighted by Gasteiger charge is 2.18. The van der Waals surface area contributed by atoms with Gasteiger partial charge in [0.1, 0.15) is 0 Å². The van der Waals surface area contributed by atoms with Crippen molar-refractivity contribution in [1.82, 2.24) is 0 Å². The smallest absolute Gasteiger partial charge is 0.307 e. The van der Waals surface area contributed by atoms with E-state index in [-0.39, 0.29) is 12.5 Å². The Morgan fingerprint density at radius 2 is 2.25 bits per heavy atom. The normalized spacial score (nSPS) is 15.6. The van der Waals surface area contributed by atoms with Gasteiger partial charge < -0.3 is 15.6 Å². The number of carboxylic acids is 1. The van der Waals surface area contributed by atoms with Crippen LogP contribution in [-0.4, -0.2) is 31.3 Å². The predicted octanol–water partition coefficient (Wildman–Crippen LogP) is 0.319. The van der Waals surface area contributed by atoms with E-state index in [1.807, 2.05) is 6.92 Å². The summed E-state index contributed by atoms with van der Waals surface area (Å²) in [6.07, 6.45) is 0.583. The molecule has 0 amide bonds. The molecule has 0 aromatic carbocycles. The van der Waals surface area contributed by atoms with E-state index in [1.165, 1.54) is 0 Å². The molecule has 0 spiro atoms. The third kappa shape index (κ3) is 4.31. The van der Waals surface area contributed by atoms with Crippen molar-refractivity contribution >= 4 is 5.97 Å². The van der Waals surface area contributed by atoms with Crippen LogP contribution in [0.5, 0.6) is 0 Å². The molecule has 12 heavy (non-hydrogen) atoms. The fourth-order valence-corrected chi connectivity index (χ4v) is 1.14. The van der Waals surface area contributed by atoms with E-state index in [0.29, 0.717) is 13.0 Å². The van der Waals surface area contributed by atoms with Crippen LogP contribution in [0.4, 0.5) is 0 Å². The number of hydrogen-bond donors (Lipinski definition) is 2. The van der Waals surface area contributed by atoms with Crippen LogP contribution in [0.15, 0.2) is 0 Å². The molecule has 0 heterocycles. The standard InChI is InChI=1S/C8H17NO3/c1-6(5-12-2)3-7(4-9)8(10)11/h6-7H,3-5,9H2,1-2H3,(H,10,11)/t6-,7-/m0/s1. The summed E-state index contributed by atoms with van der Waals surface area (Å²) in [4.78, 5) is 10.5. The van der Waals surface area contributed by atoms with Crippen LogP contribution in [0.3, 0.4) is 0 Å². The molecular weight excluding hydrogens is 158 g/mol. The van der Waals surface area contributed by atoms with Crippen molar-refractivity contribution in [3.05, 3.63) is 0 Å². The molecule has 0 saturated heterocycles. The van der Waals surface area contributed by atoms with Crippen molar-refractivity contribution in [1.29, 1.82) is 0 Å². The van der Waals surface area contributed by atoms with Gasteiger partial charge in [0.15, 0.2) is 0 Å². The molecule has 0 radical (unpaired) electrons. The Kier molecular flexibility index (Phi) is 5.66. The maximum absolute atomic E-state index is 10.5. The van der Waals surface area contributed by atoms with E-state index in [4.69, 9.17) is 15.6 Å². The predicted molar refractivity (Wildman–Crippen MR) is 45.8 cm³/mol. The van der Waals surface area contributed by atoms with E-state index in [1.54, 1.807) is 7.11 Å². The molecule has 0 aromatic rings. The first-order chi connectivity index (χ1) is 5.61. The SMILES string of the molecule is COC[C@@H](C)C[C@@H](CN)C(=O)O. The number of ether oxygens (including phenoxy) is 1. The van der Waals surface area contributed by atoms with Crippen LogP contribution in [0, 0.1) is 11.8 Å². The largest absolute Gasteiger partial charge is 0.481 e. The molecule has 0 aliphatic rings. The highest BCUT2D eigenvalue weighted by molar-refractivity contribution is 5.70. The molecule has 0 aromatic heterocycles. The molecule has 0 bridgehead atoms. The zero-order chi connectivity index (χ0) is 9.56. The van der Waals surface area contributed by atoms with Gasteiger partial charge in [-0.2, -0.15) is 0 Å². The fraction of sp³-hybridized carbons (Fsp3) is 0.875. The van der Waals surface area contributed by atoms with E-state index in [2.05, 4.69) is 0 Å². The summed E-state index contributed by atoms with van der Waals surface area (Å²) in [5, 5.41) is 8.67. The monoisotopic (exact) mass is 175 g/mol. The Bertz CT molecular complexity index is 138. The molecule has 0 rings (SSSR count). The van der Waals surface area contributed by atoms with Gasteiger partial charge in [-0.1, -0.05) is 6.92 Å².